The van der Waals surface area contributed by atoms with Crippen LogP contribution in [0.4, 0.5) is 0 Å². The van der Waals surface area contributed by atoms with Crippen molar-refractivity contribution in [1.82, 2.24) is 0 Å². The Kier molecular flexibility index (Phi) is 7.65. The van der Waals surface area contributed by atoms with Crippen LogP contribution in [0.5, 0.6) is 17.2 Å². The van der Waals surface area contributed by atoms with Crippen LogP contribution in [0.25, 0.3) is 0 Å². The summed E-state index contributed by atoms with van der Waals surface area (Å²) in [5, 5.41) is 19.3. The predicted molar refractivity (Wildman–Crippen MR) is 82.8 cm³/mol. The summed E-state index contributed by atoms with van der Waals surface area (Å²) in [6.07, 6.45) is 9.32. The third-order valence-corrected chi connectivity index (χ3v) is 3.44. The molecule has 0 heterocycles. The van der Waals surface area contributed by atoms with Gasteiger partial charge in [0.05, 0.1) is 0 Å². The quantitative estimate of drug-likeness (QED) is 0.308. The monoisotopic (exact) mass is 294 g/mol. The lowest BCUT2D eigenvalue weighted by Gasteiger charge is -2.09. The van der Waals surface area contributed by atoms with Gasteiger partial charge in [-0.25, -0.2) is 0 Å². The Morgan fingerprint density at radius 3 is 2.29 bits per heavy atom. The predicted octanol–water partition coefficient (Wildman–Crippen LogP) is 4.32. The first-order chi connectivity index (χ1) is 10.0. The number of aromatic hydroxyl groups is 2. The number of hydrogen-bond acceptors (Lipinski definition) is 4. The van der Waals surface area contributed by atoms with Gasteiger partial charge in [0, 0.05) is 6.92 Å². The van der Waals surface area contributed by atoms with E-state index >= 15 is 0 Å². The topological polar surface area (TPSA) is 66.8 Å². The molecule has 0 amide bonds. The Hall–Kier alpha value is -1.71. The van der Waals surface area contributed by atoms with Gasteiger partial charge in [-0.15, -0.1) is 0 Å². The third-order valence-electron chi connectivity index (χ3n) is 3.44. The maximum atomic E-state index is 11.0. The van der Waals surface area contributed by atoms with Gasteiger partial charge in [0.1, 0.15) is 0 Å². The number of phenols is 2. The van der Waals surface area contributed by atoms with E-state index in [-0.39, 0.29) is 17.2 Å². The number of rotatable bonds is 9. The van der Waals surface area contributed by atoms with Crippen LogP contribution in [0.15, 0.2) is 12.1 Å². The van der Waals surface area contributed by atoms with E-state index in [9.17, 15) is 15.0 Å². The van der Waals surface area contributed by atoms with Crippen molar-refractivity contribution in [3.8, 4) is 17.2 Å². The zero-order valence-corrected chi connectivity index (χ0v) is 13.0. The molecular formula is C17H26O4. The van der Waals surface area contributed by atoms with Crippen LogP contribution in [0.1, 0.15) is 64.4 Å². The smallest absolute Gasteiger partial charge is 0.308 e. The molecule has 0 unspecified atom stereocenters. The average Bonchev–Trinajstić information content (AvgIpc) is 2.42. The molecule has 1 aromatic carbocycles. The van der Waals surface area contributed by atoms with Crippen molar-refractivity contribution in [1.29, 1.82) is 0 Å². The summed E-state index contributed by atoms with van der Waals surface area (Å²) >= 11 is 0. The second-order valence-electron chi connectivity index (χ2n) is 5.43. The molecule has 0 radical (unpaired) electrons. The van der Waals surface area contributed by atoms with Gasteiger partial charge in [0.2, 0.25) is 5.75 Å². The molecule has 1 rings (SSSR count). The van der Waals surface area contributed by atoms with Crippen LogP contribution in [0.2, 0.25) is 0 Å². The van der Waals surface area contributed by atoms with Crippen LogP contribution in [-0.4, -0.2) is 16.2 Å². The molecule has 4 heteroatoms. The fraction of sp³-hybridized carbons (Fsp3) is 0.588. The number of esters is 1. The zero-order valence-electron chi connectivity index (χ0n) is 13.0. The first-order valence-electron chi connectivity index (χ1n) is 7.77. The normalized spacial score (nSPS) is 10.6. The lowest BCUT2D eigenvalue weighted by atomic mass is 10.0. The minimum absolute atomic E-state index is 0.0282. The largest absolute Gasteiger partial charge is 0.504 e. The number of unbranched alkanes of at least 4 members (excludes halogenated alkanes) is 6. The fourth-order valence-electron chi connectivity index (χ4n) is 2.31. The minimum Gasteiger partial charge on any atom is -0.504 e. The molecule has 2 N–H and O–H groups in total. The summed E-state index contributed by atoms with van der Waals surface area (Å²) in [7, 11) is 0. The highest BCUT2D eigenvalue weighted by Gasteiger charge is 2.12. The van der Waals surface area contributed by atoms with E-state index in [4.69, 9.17) is 4.74 Å². The van der Waals surface area contributed by atoms with Crippen LogP contribution < -0.4 is 4.74 Å². The molecule has 0 fully saturated rings. The van der Waals surface area contributed by atoms with E-state index in [1.165, 1.54) is 45.1 Å². The highest BCUT2D eigenvalue weighted by molar-refractivity contribution is 5.71. The molecule has 0 saturated heterocycles. The van der Waals surface area contributed by atoms with Gasteiger partial charge in [-0.2, -0.15) is 0 Å². The van der Waals surface area contributed by atoms with E-state index in [0.717, 1.165) is 24.8 Å². The maximum Gasteiger partial charge on any atom is 0.308 e. The highest BCUT2D eigenvalue weighted by atomic mass is 16.5. The first-order valence-corrected chi connectivity index (χ1v) is 7.77. The summed E-state index contributed by atoms with van der Waals surface area (Å²) in [5.41, 5.74) is 0.870. The van der Waals surface area contributed by atoms with Crippen LogP contribution in [0, 0.1) is 0 Å². The van der Waals surface area contributed by atoms with Crippen LogP contribution in [0.3, 0.4) is 0 Å². The van der Waals surface area contributed by atoms with E-state index in [0.29, 0.717) is 0 Å². The third kappa shape index (κ3) is 6.52. The number of ether oxygens (including phenoxy) is 1. The van der Waals surface area contributed by atoms with Crippen molar-refractivity contribution >= 4 is 5.97 Å². The van der Waals surface area contributed by atoms with Crippen molar-refractivity contribution in [3.05, 3.63) is 17.7 Å². The molecule has 0 aromatic heterocycles. The number of phenolic OH excluding ortho intramolecular Hbond substituents is 2. The number of carbonyl (C=O) groups is 1. The fourth-order valence-corrected chi connectivity index (χ4v) is 2.31. The van der Waals surface area contributed by atoms with E-state index in [2.05, 4.69) is 6.92 Å². The van der Waals surface area contributed by atoms with Gasteiger partial charge >= 0.3 is 5.97 Å². The second-order valence-corrected chi connectivity index (χ2v) is 5.43. The average molecular weight is 294 g/mol. The summed E-state index contributed by atoms with van der Waals surface area (Å²) < 4.78 is 4.89. The minimum atomic E-state index is -0.516. The number of aryl methyl sites for hydroxylation is 1. The van der Waals surface area contributed by atoms with E-state index < -0.39 is 5.97 Å². The Morgan fingerprint density at radius 2 is 1.67 bits per heavy atom. The molecule has 118 valence electrons. The molecule has 0 aliphatic heterocycles. The second kappa shape index (κ2) is 9.27. The van der Waals surface area contributed by atoms with Crippen LogP contribution in [-0.2, 0) is 11.2 Å². The molecule has 0 spiro atoms. The standard InChI is InChI=1S/C17H26O4/c1-3-4-5-6-7-8-9-10-14-11-15(19)17(20)16(12-14)21-13(2)18/h11-12,19-20H,3-10H2,1-2H3. The van der Waals surface area contributed by atoms with Gasteiger partial charge in [-0.05, 0) is 30.5 Å². The summed E-state index contributed by atoms with van der Waals surface area (Å²) in [5.74, 6) is -1.11. The SMILES string of the molecule is CCCCCCCCCc1cc(O)c(O)c(OC(C)=O)c1. The molecule has 0 aliphatic carbocycles. The molecule has 21 heavy (non-hydrogen) atoms. The lowest BCUT2D eigenvalue weighted by molar-refractivity contribution is -0.132. The Morgan fingerprint density at radius 1 is 1.05 bits per heavy atom. The van der Waals surface area contributed by atoms with Crippen molar-refractivity contribution in [3.63, 3.8) is 0 Å². The molecule has 1 aromatic rings. The summed E-state index contributed by atoms with van der Waals surface area (Å²) in [4.78, 5) is 11.0. The maximum absolute atomic E-state index is 11.0. The van der Waals surface area contributed by atoms with E-state index in [1.807, 2.05) is 0 Å². The highest BCUT2D eigenvalue weighted by Crippen LogP contribution is 2.37. The summed E-state index contributed by atoms with van der Waals surface area (Å²) in [6, 6.07) is 3.15. The Labute approximate surface area is 126 Å². The van der Waals surface area contributed by atoms with Gasteiger partial charge in [0.25, 0.3) is 0 Å². The first kappa shape index (κ1) is 17.3. The number of benzene rings is 1. The van der Waals surface area contributed by atoms with E-state index in [1.54, 1.807) is 6.07 Å². The molecule has 4 nitrogen and oxygen atoms in total. The molecule has 0 bridgehead atoms. The van der Waals surface area contributed by atoms with Crippen molar-refractivity contribution in [2.45, 2.75) is 65.2 Å². The Bertz CT molecular complexity index is 454. The van der Waals surface area contributed by atoms with Crippen LogP contribution >= 0.6 is 0 Å². The van der Waals surface area contributed by atoms with Crippen molar-refractivity contribution < 1.29 is 19.7 Å². The molecule has 0 saturated carbocycles. The molecule has 0 atom stereocenters. The number of hydrogen-bond donors (Lipinski definition) is 2. The zero-order chi connectivity index (χ0) is 15.7. The molecular weight excluding hydrogens is 268 g/mol. The number of carbonyl (C=O) groups excluding carboxylic acids is 1. The van der Waals surface area contributed by atoms with Gasteiger partial charge < -0.3 is 14.9 Å². The van der Waals surface area contributed by atoms with Gasteiger partial charge in [-0.3, -0.25) is 4.79 Å². The van der Waals surface area contributed by atoms with Gasteiger partial charge in [0.15, 0.2) is 11.5 Å². The Balaban J connectivity index is 2.44. The van der Waals surface area contributed by atoms with Crippen molar-refractivity contribution in [2.75, 3.05) is 0 Å². The lowest BCUT2D eigenvalue weighted by Crippen LogP contribution is -2.02. The summed E-state index contributed by atoms with van der Waals surface area (Å²) in [6.45, 7) is 3.47. The van der Waals surface area contributed by atoms with Gasteiger partial charge in [-0.1, -0.05) is 45.4 Å². The molecule has 0 aliphatic rings. The van der Waals surface area contributed by atoms with Crippen molar-refractivity contribution in [2.24, 2.45) is 0 Å².